The van der Waals surface area contributed by atoms with Crippen LogP contribution in [0.2, 0.25) is 0 Å². The van der Waals surface area contributed by atoms with Crippen LogP contribution in [0.5, 0.6) is 0 Å². The van der Waals surface area contributed by atoms with E-state index in [2.05, 4.69) is 0 Å². The van der Waals surface area contributed by atoms with E-state index in [9.17, 15) is 18.1 Å². The summed E-state index contributed by atoms with van der Waals surface area (Å²) in [4.78, 5) is -0.470. The molecule has 0 N–H and O–H groups in total. The van der Waals surface area contributed by atoms with E-state index in [-0.39, 0.29) is 12.8 Å². The molecule has 0 radical (unpaired) electrons. The van der Waals surface area contributed by atoms with Gasteiger partial charge < -0.3 is 9.47 Å². The minimum absolute atomic E-state index is 0.153. The standard InChI is InChI=1S/C13H14FNO4S/c1-18-13(19-2)7-12(8-13,9-15)20(16,17)11-6-4-3-5-10(11)14/h3-6H,7-8H2,1-2H3. The third-order valence-electron chi connectivity index (χ3n) is 3.70. The summed E-state index contributed by atoms with van der Waals surface area (Å²) in [6.07, 6.45) is -0.305. The lowest BCUT2D eigenvalue weighted by Gasteiger charge is -2.49. The lowest BCUT2D eigenvalue weighted by molar-refractivity contribution is -0.256. The third-order valence-corrected chi connectivity index (χ3v) is 6.02. The second kappa shape index (κ2) is 4.81. The van der Waals surface area contributed by atoms with Gasteiger partial charge in [-0.1, -0.05) is 12.1 Å². The first-order chi connectivity index (χ1) is 9.36. The fourth-order valence-corrected chi connectivity index (χ4v) is 4.34. The Morgan fingerprint density at radius 3 is 2.25 bits per heavy atom. The highest BCUT2D eigenvalue weighted by atomic mass is 32.2. The van der Waals surface area contributed by atoms with E-state index in [0.29, 0.717) is 0 Å². The molecule has 108 valence electrons. The van der Waals surface area contributed by atoms with Crippen molar-refractivity contribution in [2.45, 2.75) is 28.3 Å². The summed E-state index contributed by atoms with van der Waals surface area (Å²) in [6, 6.07) is 6.81. The largest absolute Gasteiger partial charge is 0.353 e. The second-order valence-electron chi connectivity index (χ2n) is 4.71. The lowest BCUT2D eigenvalue weighted by Crippen LogP contribution is -2.61. The number of nitriles is 1. The molecule has 1 aliphatic carbocycles. The van der Waals surface area contributed by atoms with Crippen LogP contribution in [0.4, 0.5) is 4.39 Å². The van der Waals surface area contributed by atoms with Crippen molar-refractivity contribution < 1.29 is 22.3 Å². The molecule has 2 rings (SSSR count). The second-order valence-corrected chi connectivity index (χ2v) is 6.94. The molecule has 0 saturated heterocycles. The van der Waals surface area contributed by atoms with Gasteiger partial charge in [0.1, 0.15) is 10.7 Å². The zero-order valence-electron chi connectivity index (χ0n) is 11.1. The van der Waals surface area contributed by atoms with Gasteiger partial charge in [0.25, 0.3) is 0 Å². The van der Waals surface area contributed by atoms with Gasteiger partial charge in [-0.05, 0) is 12.1 Å². The van der Waals surface area contributed by atoms with E-state index in [1.54, 1.807) is 6.07 Å². The first-order valence-corrected chi connectivity index (χ1v) is 7.35. The van der Waals surface area contributed by atoms with E-state index in [4.69, 9.17) is 9.47 Å². The molecule has 0 amide bonds. The summed E-state index contributed by atoms with van der Waals surface area (Å²) < 4.78 is 47.3. The number of halogens is 1. The number of ether oxygens (including phenoxy) is 2. The molecule has 0 atom stereocenters. The molecule has 1 aromatic rings. The molecule has 0 bridgehead atoms. The van der Waals surface area contributed by atoms with Gasteiger partial charge in [0.05, 0.1) is 6.07 Å². The van der Waals surface area contributed by atoms with E-state index in [0.717, 1.165) is 12.1 Å². The Balaban J connectivity index is 2.45. The highest BCUT2D eigenvalue weighted by Gasteiger charge is 2.64. The van der Waals surface area contributed by atoms with Crippen LogP contribution in [0.3, 0.4) is 0 Å². The summed E-state index contributed by atoms with van der Waals surface area (Å²) in [7, 11) is -1.38. The normalized spacial score (nSPS) is 19.9. The van der Waals surface area contributed by atoms with Crippen molar-refractivity contribution in [3.63, 3.8) is 0 Å². The van der Waals surface area contributed by atoms with Crippen molar-refractivity contribution in [3.8, 4) is 6.07 Å². The molecule has 20 heavy (non-hydrogen) atoms. The molecule has 1 fully saturated rings. The van der Waals surface area contributed by atoms with Crippen molar-refractivity contribution >= 4 is 9.84 Å². The third kappa shape index (κ3) is 1.92. The van der Waals surface area contributed by atoms with Gasteiger partial charge in [-0.3, -0.25) is 0 Å². The number of hydrogen-bond acceptors (Lipinski definition) is 5. The first-order valence-electron chi connectivity index (χ1n) is 5.87. The Kier molecular flexibility index (Phi) is 3.58. The minimum atomic E-state index is -4.13. The van der Waals surface area contributed by atoms with Crippen molar-refractivity contribution in [2.24, 2.45) is 0 Å². The van der Waals surface area contributed by atoms with Gasteiger partial charge >= 0.3 is 0 Å². The van der Waals surface area contributed by atoms with Crippen molar-refractivity contribution in [1.82, 2.24) is 0 Å². The molecule has 0 unspecified atom stereocenters. The topological polar surface area (TPSA) is 76.4 Å². The van der Waals surface area contributed by atoms with Crippen molar-refractivity contribution in [3.05, 3.63) is 30.1 Å². The van der Waals surface area contributed by atoms with Gasteiger partial charge in [-0.15, -0.1) is 0 Å². The van der Waals surface area contributed by atoms with Crippen molar-refractivity contribution in [2.75, 3.05) is 14.2 Å². The summed E-state index contributed by atoms with van der Waals surface area (Å²) in [5.74, 6) is -1.97. The van der Waals surface area contributed by atoms with Crippen LogP contribution in [-0.4, -0.2) is 33.2 Å². The van der Waals surface area contributed by atoms with Crippen LogP contribution in [0.1, 0.15) is 12.8 Å². The summed E-state index contributed by atoms with van der Waals surface area (Å²) in [5.41, 5.74) is 0. The average molecular weight is 299 g/mol. The van der Waals surface area contributed by atoms with Crippen LogP contribution in [0, 0.1) is 17.1 Å². The zero-order valence-corrected chi connectivity index (χ0v) is 11.9. The maximum absolute atomic E-state index is 13.7. The van der Waals surface area contributed by atoms with Gasteiger partial charge in [0, 0.05) is 27.1 Å². The Labute approximate surface area is 116 Å². The van der Waals surface area contributed by atoms with Gasteiger partial charge in [-0.2, -0.15) is 5.26 Å². The van der Waals surface area contributed by atoms with Gasteiger partial charge in [0.15, 0.2) is 10.5 Å². The molecule has 1 aliphatic rings. The minimum Gasteiger partial charge on any atom is -0.353 e. The van der Waals surface area contributed by atoms with Crippen molar-refractivity contribution in [1.29, 1.82) is 5.26 Å². The van der Waals surface area contributed by atoms with E-state index in [1.807, 2.05) is 0 Å². The maximum atomic E-state index is 13.7. The van der Waals surface area contributed by atoms with Gasteiger partial charge in [-0.25, -0.2) is 12.8 Å². The Hall–Kier alpha value is -1.49. The molecule has 7 heteroatoms. The predicted octanol–water partition coefficient (Wildman–Crippen LogP) is 1.64. The quantitative estimate of drug-likeness (QED) is 0.790. The summed E-state index contributed by atoms with van der Waals surface area (Å²) >= 11 is 0. The average Bonchev–Trinajstić information content (AvgIpc) is 2.39. The number of benzene rings is 1. The van der Waals surface area contributed by atoms with Crippen LogP contribution >= 0.6 is 0 Å². The predicted molar refractivity (Wildman–Crippen MR) is 67.9 cm³/mol. The van der Waals surface area contributed by atoms with E-state index >= 15 is 0 Å². The molecule has 0 aromatic heterocycles. The maximum Gasteiger partial charge on any atom is 0.200 e. The molecule has 1 aromatic carbocycles. The van der Waals surface area contributed by atoms with E-state index in [1.165, 1.54) is 26.4 Å². The lowest BCUT2D eigenvalue weighted by atomic mass is 9.78. The molecule has 1 saturated carbocycles. The number of rotatable bonds is 4. The van der Waals surface area contributed by atoms with Crippen LogP contribution in [0.25, 0.3) is 0 Å². The molecule has 0 spiro atoms. The van der Waals surface area contributed by atoms with Crippen LogP contribution in [0.15, 0.2) is 29.2 Å². The number of nitrogens with zero attached hydrogens (tertiary/aromatic N) is 1. The monoisotopic (exact) mass is 299 g/mol. The summed E-state index contributed by atoms with van der Waals surface area (Å²) in [5, 5.41) is 9.28. The summed E-state index contributed by atoms with van der Waals surface area (Å²) in [6.45, 7) is 0. The van der Waals surface area contributed by atoms with Crippen LogP contribution < -0.4 is 0 Å². The highest BCUT2D eigenvalue weighted by Crippen LogP contribution is 2.51. The Morgan fingerprint density at radius 1 is 1.25 bits per heavy atom. The fourth-order valence-electron chi connectivity index (χ4n) is 2.39. The Morgan fingerprint density at radius 2 is 1.80 bits per heavy atom. The molecule has 5 nitrogen and oxygen atoms in total. The smallest absolute Gasteiger partial charge is 0.200 e. The molecule has 0 aliphatic heterocycles. The fraction of sp³-hybridized carbons (Fsp3) is 0.462. The molecular formula is C13H14FNO4S. The SMILES string of the molecule is COC1(OC)CC(C#N)(S(=O)(=O)c2ccccc2F)C1. The Bertz CT molecular complexity index is 653. The molecular weight excluding hydrogens is 285 g/mol. The van der Waals surface area contributed by atoms with Gasteiger partial charge in [0.2, 0.25) is 9.84 Å². The first kappa shape index (κ1) is 14.9. The highest BCUT2D eigenvalue weighted by molar-refractivity contribution is 7.93. The number of sulfone groups is 1. The number of methoxy groups -OCH3 is 2. The molecule has 0 heterocycles. The number of hydrogen-bond donors (Lipinski definition) is 0. The van der Waals surface area contributed by atoms with E-state index < -0.39 is 31.1 Å². The zero-order chi connectivity index (χ0) is 15.0. The van der Waals surface area contributed by atoms with Crippen LogP contribution in [-0.2, 0) is 19.3 Å².